The van der Waals surface area contributed by atoms with E-state index in [0.29, 0.717) is 23.1 Å². The highest BCUT2D eigenvalue weighted by atomic mass is 19.4. The first kappa shape index (κ1) is 23.4. The molecule has 0 aliphatic heterocycles. The fourth-order valence-corrected chi connectivity index (χ4v) is 3.99. The number of amides is 1. The van der Waals surface area contributed by atoms with Crippen LogP contribution >= 0.6 is 0 Å². The standard InChI is InChI=1S/C23H23F3N2O4/c1-13-9-16(32-12-23(24,25)26)10-14(2)19(13)20-18(29)11-15(21(20)30)6-8-28-22(31)17-5-3-4-7-27-17/h3-5,7,9-10,15,20H,6,8,11-12H2,1-2H3,(H,28,31). The van der Waals surface area contributed by atoms with Gasteiger partial charge in [-0.3, -0.25) is 19.4 Å². The van der Waals surface area contributed by atoms with Crippen LogP contribution in [0.3, 0.4) is 0 Å². The normalized spacial score (nSPS) is 18.7. The van der Waals surface area contributed by atoms with Crippen LogP contribution in [0.15, 0.2) is 36.5 Å². The van der Waals surface area contributed by atoms with E-state index in [-0.39, 0.29) is 41.9 Å². The molecule has 0 bridgehead atoms. The van der Waals surface area contributed by atoms with Gasteiger partial charge in [-0.05, 0) is 61.2 Å². The van der Waals surface area contributed by atoms with E-state index in [2.05, 4.69) is 10.3 Å². The topological polar surface area (TPSA) is 85.4 Å². The second-order valence-electron chi connectivity index (χ2n) is 7.84. The largest absolute Gasteiger partial charge is 0.484 e. The van der Waals surface area contributed by atoms with Crippen molar-refractivity contribution in [2.75, 3.05) is 13.2 Å². The van der Waals surface area contributed by atoms with Crippen molar-refractivity contribution in [1.82, 2.24) is 10.3 Å². The van der Waals surface area contributed by atoms with Gasteiger partial charge in [-0.1, -0.05) is 6.07 Å². The summed E-state index contributed by atoms with van der Waals surface area (Å²) < 4.78 is 42.0. The van der Waals surface area contributed by atoms with Crippen molar-refractivity contribution in [3.05, 3.63) is 58.9 Å². The third-order valence-corrected chi connectivity index (χ3v) is 5.39. The fraction of sp³-hybridized carbons (Fsp3) is 0.391. The highest BCUT2D eigenvalue weighted by Crippen LogP contribution is 2.38. The molecule has 1 aromatic carbocycles. The number of pyridine rings is 1. The van der Waals surface area contributed by atoms with Crippen molar-refractivity contribution in [3.8, 4) is 5.75 Å². The zero-order chi connectivity index (χ0) is 23.5. The number of ether oxygens (including phenoxy) is 1. The highest BCUT2D eigenvalue weighted by molar-refractivity contribution is 6.15. The second kappa shape index (κ2) is 9.50. The Morgan fingerprint density at radius 1 is 1.19 bits per heavy atom. The molecule has 1 N–H and O–H groups in total. The molecule has 6 nitrogen and oxygen atoms in total. The number of aryl methyl sites for hydroxylation is 2. The van der Waals surface area contributed by atoms with E-state index in [1.54, 1.807) is 32.0 Å². The second-order valence-corrected chi connectivity index (χ2v) is 7.84. The van der Waals surface area contributed by atoms with Crippen LogP contribution in [-0.2, 0) is 9.59 Å². The number of hydrogen-bond donors (Lipinski definition) is 1. The van der Waals surface area contributed by atoms with Crippen LogP contribution in [0.4, 0.5) is 13.2 Å². The Kier molecular flexibility index (Phi) is 6.96. The van der Waals surface area contributed by atoms with Crippen molar-refractivity contribution < 1.29 is 32.3 Å². The molecule has 1 aliphatic rings. The van der Waals surface area contributed by atoms with Gasteiger partial charge >= 0.3 is 6.18 Å². The average Bonchev–Trinajstić information content (AvgIpc) is 3.00. The number of rotatable bonds is 7. The Hall–Kier alpha value is -3.23. The third-order valence-electron chi connectivity index (χ3n) is 5.39. The molecule has 0 radical (unpaired) electrons. The summed E-state index contributed by atoms with van der Waals surface area (Å²) in [6.45, 7) is 2.08. The summed E-state index contributed by atoms with van der Waals surface area (Å²) in [7, 11) is 0. The van der Waals surface area contributed by atoms with E-state index in [4.69, 9.17) is 4.74 Å². The SMILES string of the molecule is Cc1cc(OCC(F)(F)F)cc(C)c1C1C(=O)CC(CCNC(=O)c2ccccn2)C1=O. The number of nitrogens with zero attached hydrogens (tertiary/aromatic N) is 1. The van der Waals surface area contributed by atoms with Crippen LogP contribution in [0.1, 0.15) is 45.9 Å². The van der Waals surface area contributed by atoms with E-state index in [1.165, 1.54) is 18.3 Å². The van der Waals surface area contributed by atoms with Crippen molar-refractivity contribution in [2.24, 2.45) is 5.92 Å². The maximum Gasteiger partial charge on any atom is 0.422 e. The lowest BCUT2D eigenvalue weighted by atomic mass is 9.87. The molecule has 1 aromatic heterocycles. The summed E-state index contributed by atoms with van der Waals surface area (Å²) >= 11 is 0. The summed E-state index contributed by atoms with van der Waals surface area (Å²) in [6.07, 6.45) is -2.58. The van der Waals surface area contributed by atoms with Crippen molar-refractivity contribution in [1.29, 1.82) is 0 Å². The van der Waals surface area contributed by atoms with Crippen molar-refractivity contribution in [3.63, 3.8) is 0 Å². The van der Waals surface area contributed by atoms with Gasteiger partial charge in [0.05, 0.1) is 0 Å². The van der Waals surface area contributed by atoms with Crippen molar-refractivity contribution >= 4 is 17.5 Å². The fourth-order valence-electron chi connectivity index (χ4n) is 3.99. The van der Waals surface area contributed by atoms with Gasteiger partial charge in [0.1, 0.15) is 23.1 Å². The number of alkyl halides is 3. The van der Waals surface area contributed by atoms with Gasteiger partial charge in [-0.15, -0.1) is 0 Å². The predicted molar refractivity (Wildman–Crippen MR) is 110 cm³/mol. The van der Waals surface area contributed by atoms with Crippen LogP contribution in [0.5, 0.6) is 5.75 Å². The van der Waals surface area contributed by atoms with Gasteiger partial charge in [-0.2, -0.15) is 13.2 Å². The van der Waals surface area contributed by atoms with E-state index < -0.39 is 24.6 Å². The van der Waals surface area contributed by atoms with Gasteiger partial charge in [0.2, 0.25) is 0 Å². The monoisotopic (exact) mass is 448 g/mol. The van der Waals surface area contributed by atoms with Crippen LogP contribution in [0, 0.1) is 19.8 Å². The minimum absolute atomic E-state index is 0.0350. The number of halogens is 3. The Labute approximate surface area is 183 Å². The summed E-state index contributed by atoms with van der Waals surface area (Å²) in [4.78, 5) is 41.7. The van der Waals surface area contributed by atoms with Crippen LogP contribution in [-0.4, -0.2) is 41.8 Å². The van der Waals surface area contributed by atoms with Gasteiger partial charge in [0.25, 0.3) is 5.91 Å². The van der Waals surface area contributed by atoms with Crippen LogP contribution in [0.25, 0.3) is 0 Å². The lowest BCUT2D eigenvalue weighted by Gasteiger charge is -2.18. The molecule has 0 saturated heterocycles. The molecular weight excluding hydrogens is 425 g/mol. The molecular formula is C23H23F3N2O4. The zero-order valence-electron chi connectivity index (χ0n) is 17.7. The number of benzene rings is 1. The Morgan fingerprint density at radius 2 is 1.88 bits per heavy atom. The minimum Gasteiger partial charge on any atom is -0.484 e. The van der Waals surface area contributed by atoms with Gasteiger partial charge < -0.3 is 10.1 Å². The van der Waals surface area contributed by atoms with Crippen LogP contribution < -0.4 is 10.1 Å². The smallest absolute Gasteiger partial charge is 0.422 e. The highest BCUT2D eigenvalue weighted by Gasteiger charge is 2.43. The lowest BCUT2D eigenvalue weighted by molar-refractivity contribution is -0.153. The van der Waals surface area contributed by atoms with E-state index in [9.17, 15) is 27.6 Å². The third kappa shape index (κ3) is 5.52. The first-order chi connectivity index (χ1) is 15.1. The maximum absolute atomic E-state index is 13.0. The predicted octanol–water partition coefficient (Wildman–Crippen LogP) is 3.70. The molecule has 1 amide bonds. The lowest BCUT2D eigenvalue weighted by Crippen LogP contribution is -2.27. The van der Waals surface area contributed by atoms with E-state index >= 15 is 0 Å². The molecule has 1 heterocycles. The van der Waals surface area contributed by atoms with Crippen LogP contribution in [0.2, 0.25) is 0 Å². The molecule has 32 heavy (non-hydrogen) atoms. The zero-order valence-corrected chi connectivity index (χ0v) is 17.7. The summed E-state index contributed by atoms with van der Waals surface area (Å²) in [5, 5.41) is 2.70. The Morgan fingerprint density at radius 3 is 2.47 bits per heavy atom. The first-order valence-corrected chi connectivity index (χ1v) is 10.1. The summed E-state index contributed by atoms with van der Waals surface area (Å²) in [5.74, 6) is -2.28. The van der Waals surface area contributed by atoms with Gasteiger partial charge in [0.15, 0.2) is 12.4 Å². The number of carbonyl (C=O) groups excluding carboxylic acids is 3. The summed E-state index contributed by atoms with van der Waals surface area (Å²) in [6, 6.07) is 7.78. The number of ketones is 2. The molecule has 2 atom stereocenters. The molecule has 1 fully saturated rings. The maximum atomic E-state index is 13.0. The molecule has 170 valence electrons. The first-order valence-electron chi connectivity index (χ1n) is 10.1. The van der Waals surface area contributed by atoms with Gasteiger partial charge in [-0.25, -0.2) is 0 Å². The Balaban J connectivity index is 1.66. The van der Waals surface area contributed by atoms with Crippen molar-refractivity contribution in [2.45, 2.75) is 38.8 Å². The molecule has 2 aromatic rings. The molecule has 3 rings (SSSR count). The average molecular weight is 448 g/mol. The minimum atomic E-state index is -4.46. The molecule has 1 saturated carbocycles. The number of aromatic nitrogens is 1. The number of Topliss-reactive ketones (excluding diaryl/α,β-unsaturated/α-hetero) is 2. The molecule has 0 spiro atoms. The molecule has 1 aliphatic carbocycles. The number of carbonyl (C=O) groups is 3. The van der Waals surface area contributed by atoms with Gasteiger partial charge in [0, 0.05) is 25.1 Å². The quantitative estimate of drug-likeness (QED) is 0.653. The summed E-state index contributed by atoms with van der Waals surface area (Å²) in [5.41, 5.74) is 1.83. The van der Waals surface area contributed by atoms with E-state index in [0.717, 1.165) is 0 Å². The Bertz CT molecular complexity index is 999. The number of nitrogens with one attached hydrogen (secondary N) is 1. The van der Waals surface area contributed by atoms with E-state index in [1.807, 2.05) is 0 Å². The molecule has 2 unspecified atom stereocenters. The molecule has 9 heteroatoms. The number of hydrogen-bond acceptors (Lipinski definition) is 5.